The molecule has 1 spiro atoms. The quantitative estimate of drug-likeness (QED) is 0.755. The molecule has 1 atom stereocenters. The molecular weight excluding hydrogens is 311 g/mol. The smallest absolute Gasteiger partial charge is 0.169 e. The lowest BCUT2D eigenvalue weighted by Crippen LogP contribution is -2.44. The van der Waals surface area contributed by atoms with Crippen LogP contribution in [0.2, 0.25) is 5.02 Å². The fourth-order valence-electron chi connectivity index (χ4n) is 3.25. The molecule has 1 unspecified atom stereocenters. The minimum Gasteiger partial charge on any atom is -0.375 e. The van der Waals surface area contributed by atoms with Crippen molar-refractivity contribution in [2.75, 3.05) is 18.1 Å². The molecule has 1 aromatic rings. The first kappa shape index (κ1) is 15.3. The van der Waals surface area contributed by atoms with Crippen molar-refractivity contribution >= 4 is 29.1 Å². The van der Waals surface area contributed by atoms with Crippen LogP contribution in [0.5, 0.6) is 0 Å². The Morgan fingerprint density at radius 3 is 2.86 bits per heavy atom. The van der Waals surface area contributed by atoms with E-state index in [1.807, 2.05) is 11.8 Å². The maximum Gasteiger partial charge on any atom is 0.169 e. The molecule has 2 heterocycles. The third-order valence-electron chi connectivity index (χ3n) is 4.46. The Balaban J connectivity index is 1.77. The molecule has 2 fully saturated rings. The molecule has 114 valence electrons. The SMILES string of the molecule is O=C(c1ccc(Cl)cc1F)C1CCOC2(CCSCC2)C1. The number of Topliss-reactive ketones (excluding diaryl/α,β-unsaturated/α-hetero) is 1. The fourth-order valence-corrected chi connectivity index (χ4v) is 4.65. The van der Waals surface area contributed by atoms with E-state index < -0.39 is 5.82 Å². The van der Waals surface area contributed by atoms with Crippen LogP contribution in [0.1, 0.15) is 36.0 Å². The van der Waals surface area contributed by atoms with E-state index in [1.165, 1.54) is 12.1 Å². The number of halogens is 2. The Morgan fingerprint density at radius 1 is 1.38 bits per heavy atom. The molecule has 0 N–H and O–H groups in total. The van der Waals surface area contributed by atoms with Gasteiger partial charge in [-0.05, 0) is 55.4 Å². The first-order valence-corrected chi connectivity index (χ1v) is 8.84. The van der Waals surface area contributed by atoms with Gasteiger partial charge in [0, 0.05) is 17.5 Å². The summed E-state index contributed by atoms with van der Waals surface area (Å²) in [5.74, 6) is 1.39. The fraction of sp³-hybridized carbons (Fsp3) is 0.562. The van der Waals surface area contributed by atoms with Gasteiger partial charge >= 0.3 is 0 Å². The van der Waals surface area contributed by atoms with Crippen molar-refractivity contribution in [3.05, 3.63) is 34.6 Å². The largest absolute Gasteiger partial charge is 0.375 e. The second-order valence-electron chi connectivity index (χ2n) is 5.82. The number of rotatable bonds is 2. The Labute approximate surface area is 133 Å². The highest BCUT2D eigenvalue weighted by atomic mass is 35.5. The lowest BCUT2D eigenvalue weighted by Gasteiger charge is -2.42. The predicted molar refractivity (Wildman–Crippen MR) is 83.7 cm³/mol. The summed E-state index contributed by atoms with van der Waals surface area (Å²) in [6, 6.07) is 4.28. The number of hydrogen-bond donors (Lipinski definition) is 0. The van der Waals surface area contributed by atoms with Gasteiger partial charge < -0.3 is 4.74 Å². The maximum atomic E-state index is 13.9. The van der Waals surface area contributed by atoms with Crippen LogP contribution < -0.4 is 0 Å². The molecule has 0 bridgehead atoms. The lowest BCUT2D eigenvalue weighted by molar-refractivity contribution is -0.0960. The molecule has 0 aliphatic carbocycles. The molecule has 2 nitrogen and oxygen atoms in total. The normalized spacial score (nSPS) is 25.0. The summed E-state index contributed by atoms with van der Waals surface area (Å²) in [6.45, 7) is 0.594. The average molecular weight is 329 g/mol. The standard InChI is InChI=1S/C16H18ClFO2S/c17-12-1-2-13(14(18)9-12)15(19)11-3-6-20-16(10-11)4-7-21-8-5-16/h1-2,9,11H,3-8,10H2. The number of carbonyl (C=O) groups is 1. The van der Waals surface area contributed by atoms with Gasteiger partial charge in [0.25, 0.3) is 0 Å². The van der Waals surface area contributed by atoms with Gasteiger partial charge in [0.05, 0.1) is 11.2 Å². The van der Waals surface area contributed by atoms with Crippen molar-refractivity contribution in [1.29, 1.82) is 0 Å². The zero-order valence-electron chi connectivity index (χ0n) is 11.7. The zero-order valence-corrected chi connectivity index (χ0v) is 13.3. The van der Waals surface area contributed by atoms with Crippen LogP contribution in [-0.2, 0) is 4.74 Å². The van der Waals surface area contributed by atoms with E-state index >= 15 is 0 Å². The first-order chi connectivity index (χ1) is 10.1. The van der Waals surface area contributed by atoms with Crippen LogP contribution in [0.15, 0.2) is 18.2 Å². The van der Waals surface area contributed by atoms with Crippen molar-refractivity contribution in [2.24, 2.45) is 5.92 Å². The Morgan fingerprint density at radius 2 is 2.14 bits per heavy atom. The van der Waals surface area contributed by atoms with Gasteiger partial charge in [-0.2, -0.15) is 11.8 Å². The summed E-state index contributed by atoms with van der Waals surface area (Å²) in [6.07, 6.45) is 3.37. The molecule has 0 radical (unpaired) electrons. The minimum atomic E-state index is -0.521. The first-order valence-electron chi connectivity index (χ1n) is 7.31. The lowest BCUT2D eigenvalue weighted by atomic mass is 9.78. The van der Waals surface area contributed by atoms with Crippen molar-refractivity contribution in [3.8, 4) is 0 Å². The number of carbonyl (C=O) groups excluding carboxylic acids is 1. The number of thioether (sulfide) groups is 1. The van der Waals surface area contributed by atoms with Crippen LogP contribution in [0.3, 0.4) is 0 Å². The van der Waals surface area contributed by atoms with Gasteiger partial charge in [0.2, 0.25) is 0 Å². The number of benzene rings is 1. The van der Waals surface area contributed by atoms with Crippen LogP contribution in [0, 0.1) is 11.7 Å². The summed E-state index contributed by atoms with van der Waals surface area (Å²) < 4.78 is 19.9. The van der Waals surface area contributed by atoms with Gasteiger partial charge in [-0.1, -0.05) is 11.6 Å². The molecule has 0 amide bonds. The molecule has 2 aliphatic heterocycles. The summed E-state index contributed by atoms with van der Waals surface area (Å²) in [4.78, 5) is 12.6. The summed E-state index contributed by atoms with van der Waals surface area (Å²) in [5, 5.41) is 0.316. The summed E-state index contributed by atoms with van der Waals surface area (Å²) >= 11 is 7.68. The summed E-state index contributed by atoms with van der Waals surface area (Å²) in [5.41, 5.74) is -0.00107. The van der Waals surface area contributed by atoms with E-state index in [-0.39, 0.29) is 22.9 Å². The van der Waals surface area contributed by atoms with E-state index in [9.17, 15) is 9.18 Å². The molecule has 21 heavy (non-hydrogen) atoms. The zero-order chi connectivity index (χ0) is 14.9. The summed E-state index contributed by atoms with van der Waals surface area (Å²) in [7, 11) is 0. The average Bonchev–Trinajstić information content (AvgIpc) is 2.47. The molecule has 2 aliphatic rings. The molecule has 3 rings (SSSR count). The number of ether oxygens (including phenoxy) is 1. The highest BCUT2D eigenvalue weighted by Crippen LogP contribution is 2.40. The number of ketones is 1. The second kappa shape index (κ2) is 6.27. The topological polar surface area (TPSA) is 26.3 Å². The van der Waals surface area contributed by atoms with Crippen molar-refractivity contribution in [1.82, 2.24) is 0 Å². The van der Waals surface area contributed by atoms with E-state index in [1.54, 1.807) is 6.07 Å². The van der Waals surface area contributed by atoms with Gasteiger partial charge in [0.1, 0.15) is 5.82 Å². The van der Waals surface area contributed by atoms with Crippen LogP contribution in [0.4, 0.5) is 4.39 Å². The van der Waals surface area contributed by atoms with Crippen LogP contribution in [-0.4, -0.2) is 29.5 Å². The molecule has 1 aromatic carbocycles. The molecule has 2 saturated heterocycles. The van der Waals surface area contributed by atoms with E-state index in [4.69, 9.17) is 16.3 Å². The Hall–Kier alpha value is -0.580. The van der Waals surface area contributed by atoms with Crippen LogP contribution in [0.25, 0.3) is 0 Å². The van der Waals surface area contributed by atoms with Gasteiger partial charge in [-0.3, -0.25) is 4.79 Å². The third kappa shape index (κ3) is 3.27. The van der Waals surface area contributed by atoms with Crippen molar-refractivity contribution in [2.45, 2.75) is 31.3 Å². The Kier molecular flexibility index (Phi) is 4.57. The van der Waals surface area contributed by atoms with Crippen molar-refractivity contribution in [3.63, 3.8) is 0 Å². The predicted octanol–water partition coefficient (Wildman–Crippen LogP) is 4.35. The Bertz CT molecular complexity index is 538. The van der Waals surface area contributed by atoms with E-state index in [2.05, 4.69) is 0 Å². The second-order valence-corrected chi connectivity index (χ2v) is 7.48. The highest BCUT2D eigenvalue weighted by Gasteiger charge is 2.41. The van der Waals surface area contributed by atoms with Crippen LogP contribution >= 0.6 is 23.4 Å². The third-order valence-corrected chi connectivity index (χ3v) is 5.69. The molecular formula is C16H18ClFO2S. The highest BCUT2D eigenvalue weighted by molar-refractivity contribution is 7.99. The van der Waals surface area contributed by atoms with Gasteiger partial charge in [0.15, 0.2) is 5.78 Å². The van der Waals surface area contributed by atoms with Gasteiger partial charge in [-0.25, -0.2) is 4.39 Å². The van der Waals surface area contributed by atoms with Gasteiger partial charge in [-0.15, -0.1) is 0 Å². The number of hydrogen-bond acceptors (Lipinski definition) is 3. The van der Waals surface area contributed by atoms with Crippen molar-refractivity contribution < 1.29 is 13.9 Å². The maximum absolute atomic E-state index is 13.9. The molecule has 0 saturated carbocycles. The monoisotopic (exact) mass is 328 g/mol. The minimum absolute atomic E-state index is 0.106. The van der Waals surface area contributed by atoms with E-state index in [0.29, 0.717) is 24.5 Å². The molecule has 5 heteroatoms. The molecule has 0 aromatic heterocycles. The van der Waals surface area contributed by atoms with E-state index in [0.717, 1.165) is 24.3 Å².